The molecule has 3 aromatic rings. The lowest BCUT2D eigenvalue weighted by Gasteiger charge is -2.44. The summed E-state index contributed by atoms with van der Waals surface area (Å²) in [5.41, 5.74) is 3.10. The van der Waals surface area contributed by atoms with Gasteiger partial charge in [-0.15, -0.1) is 0 Å². The molecular formula is C31H36O6. The molecule has 37 heavy (non-hydrogen) atoms. The molecule has 1 heterocycles. The first-order chi connectivity index (χ1) is 18.1. The summed E-state index contributed by atoms with van der Waals surface area (Å²) < 4.78 is 31.3. The molecule has 0 bridgehead atoms. The lowest BCUT2D eigenvalue weighted by molar-refractivity contribution is -0.303. The van der Waals surface area contributed by atoms with Gasteiger partial charge in [0, 0.05) is 0 Å². The van der Waals surface area contributed by atoms with Crippen LogP contribution >= 0.6 is 0 Å². The second-order valence-corrected chi connectivity index (χ2v) is 9.46. The predicted octanol–water partition coefficient (Wildman–Crippen LogP) is 5.34. The van der Waals surface area contributed by atoms with E-state index in [9.17, 15) is 4.79 Å². The molecule has 196 valence electrons. The molecule has 1 saturated heterocycles. The van der Waals surface area contributed by atoms with Gasteiger partial charge in [0.15, 0.2) is 6.29 Å². The van der Waals surface area contributed by atoms with E-state index in [2.05, 4.69) is 0 Å². The van der Waals surface area contributed by atoms with Crippen molar-refractivity contribution in [1.29, 1.82) is 0 Å². The zero-order chi connectivity index (χ0) is 25.9. The fourth-order valence-corrected chi connectivity index (χ4v) is 4.40. The molecule has 0 aliphatic carbocycles. The molecule has 3 aromatic carbocycles. The lowest BCUT2D eigenvalue weighted by Crippen LogP contribution is -2.59. The number of hydrogen-bond acceptors (Lipinski definition) is 6. The van der Waals surface area contributed by atoms with E-state index in [1.807, 2.05) is 105 Å². The van der Waals surface area contributed by atoms with Gasteiger partial charge in [0.05, 0.1) is 38.4 Å². The minimum absolute atomic E-state index is 0.130. The Balaban J connectivity index is 1.55. The summed E-state index contributed by atoms with van der Waals surface area (Å²) in [6.07, 6.45) is -1.64. The van der Waals surface area contributed by atoms with Crippen molar-refractivity contribution in [1.82, 2.24) is 0 Å². The zero-order valence-electron chi connectivity index (χ0n) is 21.5. The van der Waals surface area contributed by atoms with Gasteiger partial charge in [0.25, 0.3) is 0 Å². The normalized spacial score (nSPS) is 23.7. The van der Waals surface area contributed by atoms with Crippen LogP contribution in [0.25, 0.3) is 0 Å². The third-order valence-corrected chi connectivity index (χ3v) is 6.22. The average molecular weight is 505 g/mol. The van der Waals surface area contributed by atoms with Crippen LogP contribution in [0.4, 0.5) is 0 Å². The second kappa shape index (κ2) is 14.2. The minimum Gasteiger partial charge on any atom is -0.374 e. The molecule has 1 fully saturated rings. The van der Waals surface area contributed by atoms with Crippen molar-refractivity contribution in [2.24, 2.45) is 5.92 Å². The lowest BCUT2D eigenvalue weighted by atomic mass is 9.91. The highest BCUT2D eigenvalue weighted by atomic mass is 16.7. The van der Waals surface area contributed by atoms with Crippen LogP contribution < -0.4 is 0 Å². The van der Waals surface area contributed by atoms with Crippen LogP contribution in [0.3, 0.4) is 0 Å². The van der Waals surface area contributed by atoms with E-state index in [0.29, 0.717) is 19.8 Å². The summed E-state index contributed by atoms with van der Waals surface area (Å²) in [6.45, 7) is 5.25. The first-order valence-corrected chi connectivity index (χ1v) is 12.8. The summed E-state index contributed by atoms with van der Waals surface area (Å²) in [7, 11) is 0. The summed E-state index contributed by atoms with van der Waals surface area (Å²) >= 11 is 0. The van der Waals surface area contributed by atoms with Gasteiger partial charge in [-0.25, -0.2) is 0 Å². The van der Waals surface area contributed by atoms with E-state index in [4.69, 9.17) is 23.7 Å². The molecule has 1 aliphatic rings. The zero-order valence-corrected chi connectivity index (χ0v) is 21.5. The van der Waals surface area contributed by atoms with Gasteiger partial charge in [-0.05, 0) is 30.5 Å². The van der Waals surface area contributed by atoms with E-state index in [1.165, 1.54) is 0 Å². The van der Waals surface area contributed by atoms with Crippen LogP contribution in [0.5, 0.6) is 0 Å². The molecule has 0 spiro atoms. The molecule has 0 amide bonds. The van der Waals surface area contributed by atoms with Gasteiger partial charge < -0.3 is 28.5 Å². The standard InChI is InChI=1S/C31H36O6/c1-23(2)36-31-27(18-32)29(34-20-25-14-8-4-9-15-25)30(35-21-26-16-10-5-11-17-26)28(37-31)22-33-19-24-12-6-3-7-13-24/h3-18,23,27-31H,19-22H2,1-2H3/t27-,28-,29-,30-,31+/m1/s1. The summed E-state index contributed by atoms with van der Waals surface area (Å²) in [6, 6.07) is 29.8. The van der Waals surface area contributed by atoms with Gasteiger partial charge in [0.1, 0.15) is 24.6 Å². The predicted molar refractivity (Wildman–Crippen MR) is 141 cm³/mol. The summed E-state index contributed by atoms with van der Waals surface area (Å²) in [4.78, 5) is 12.4. The van der Waals surface area contributed by atoms with Crippen LogP contribution in [-0.4, -0.2) is 43.6 Å². The van der Waals surface area contributed by atoms with Crippen LogP contribution in [0.15, 0.2) is 91.0 Å². The van der Waals surface area contributed by atoms with Crippen LogP contribution in [0.2, 0.25) is 0 Å². The fourth-order valence-electron chi connectivity index (χ4n) is 4.40. The molecule has 0 saturated carbocycles. The topological polar surface area (TPSA) is 63.2 Å². The fraction of sp³-hybridized carbons (Fsp3) is 0.387. The highest BCUT2D eigenvalue weighted by molar-refractivity contribution is 5.56. The molecule has 0 N–H and O–H groups in total. The molecule has 6 heteroatoms. The third kappa shape index (κ3) is 8.06. The molecule has 6 nitrogen and oxygen atoms in total. The van der Waals surface area contributed by atoms with Crippen molar-refractivity contribution in [2.75, 3.05) is 6.61 Å². The van der Waals surface area contributed by atoms with E-state index in [-0.39, 0.29) is 12.7 Å². The van der Waals surface area contributed by atoms with E-state index in [1.54, 1.807) is 0 Å². The molecule has 5 atom stereocenters. The first kappa shape index (κ1) is 27.2. The summed E-state index contributed by atoms with van der Waals surface area (Å²) in [5.74, 6) is -0.655. The highest BCUT2D eigenvalue weighted by Crippen LogP contribution is 2.32. The van der Waals surface area contributed by atoms with E-state index in [0.717, 1.165) is 23.0 Å². The molecule has 0 radical (unpaired) electrons. The van der Waals surface area contributed by atoms with Crippen LogP contribution in [-0.2, 0) is 48.3 Å². The quantitative estimate of drug-likeness (QED) is 0.293. The molecule has 0 aromatic heterocycles. The maximum Gasteiger partial charge on any atom is 0.170 e. The number of carbonyl (C=O) groups excluding carboxylic acids is 1. The Hall–Kier alpha value is -2.87. The van der Waals surface area contributed by atoms with Crippen molar-refractivity contribution in [3.63, 3.8) is 0 Å². The smallest absolute Gasteiger partial charge is 0.170 e. The van der Waals surface area contributed by atoms with E-state index < -0.39 is 30.5 Å². The first-order valence-electron chi connectivity index (χ1n) is 12.8. The Morgan fingerprint density at radius 2 is 1.22 bits per heavy atom. The van der Waals surface area contributed by atoms with E-state index >= 15 is 0 Å². The number of ether oxygens (including phenoxy) is 5. The van der Waals surface area contributed by atoms with Crippen molar-refractivity contribution in [3.05, 3.63) is 108 Å². The van der Waals surface area contributed by atoms with Crippen LogP contribution in [0.1, 0.15) is 30.5 Å². The Morgan fingerprint density at radius 1 is 0.730 bits per heavy atom. The molecular weight excluding hydrogens is 468 g/mol. The van der Waals surface area contributed by atoms with Crippen molar-refractivity contribution in [3.8, 4) is 0 Å². The third-order valence-electron chi connectivity index (χ3n) is 6.22. The Labute approximate surface area is 219 Å². The highest BCUT2D eigenvalue weighted by Gasteiger charge is 2.48. The average Bonchev–Trinajstić information content (AvgIpc) is 2.92. The number of benzene rings is 3. The number of carbonyl (C=O) groups is 1. The number of hydrogen-bond donors (Lipinski definition) is 0. The SMILES string of the molecule is CC(C)O[C@H]1O[C@H](COCc2ccccc2)[C@@H](OCc2ccccc2)[C@H](OCc2ccccc2)[C@H]1C=O. The maximum atomic E-state index is 12.4. The van der Waals surface area contributed by atoms with Gasteiger partial charge >= 0.3 is 0 Å². The summed E-state index contributed by atoms with van der Waals surface area (Å²) in [5, 5.41) is 0. The van der Waals surface area contributed by atoms with Crippen molar-refractivity contribution < 1.29 is 28.5 Å². The largest absolute Gasteiger partial charge is 0.374 e. The Morgan fingerprint density at radius 3 is 1.70 bits per heavy atom. The maximum absolute atomic E-state index is 12.4. The molecule has 1 aliphatic heterocycles. The number of rotatable bonds is 13. The van der Waals surface area contributed by atoms with Crippen molar-refractivity contribution in [2.45, 2.75) is 64.4 Å². The Kier molecular flexibility index (Phi) is 10.4. The van der Waals surface area contributed by atoms with Gasteiger partial charge in [0.2, 0.25) is 0 Å². The van der Waals surface area contributed by atoms with Gasteiger partial charge in [-0.2, -0.15) is 0 Å². The number of aldehydes is 1. The minimum atomic E-state index is -0.764. The molecule has 4 rings (SSSR count). The second-order valence-electron chi connectivity index (χ2n) is 9.46. The Bertz CT molecular complexity index is 1040. The van der Waals surface area contributed by atoms with Crippen molar-refractivity contribution >= 4 is 6.29 Å². The van der Waals surface area contributed by atoms with Gasteiger partial charge in [-0.3, -0.25) is 0 Å². The van der Waals surface area contributed by atoms with Gasteiger partial charge in [-0.1, -0.05) is 91.0 Å². The molecule has 0 unspecified atom stereocenters. The monoisotopic (exact) mass is 504 g/mol. The van der Waals surface area contributed by atoms with Crippen LogP contribution in [0, 0.1) is 5.92 Å².